The molecule has 0 atom stereocenters. The average molecular weight is 168 g/mol. The van der Waals surface area contributed by atoms with Crippen molar-refractivity contribution in [3.63, 3.8) is 0 Å². The van der Waals surface area contributed by atoms with E-state index in [9.17, 15) is 0 Å². The SMILES string of the molecule is COc1c(N)cnc(C)c1OC. The Labute approximate surface area is 71.3 Å². The van der Waals surface area contributed by atoms with E-state index >= 15 is 0 Å². The molecule has 0 aliphatic carbocycles. The van der Waals surface area contributed by atoms with Crippen molar-refractivity contribution in [3.05, 3.63) is 11.9 Å². The molecule has 0 saturated heterocycles. The summed E-state index contributed by atoms with van der Waals surface area (Å²) in [6.45, 7) is 1.83. The van der Waals surface area contributed by atoms with Gasteiger partial charge >= 0.3 is 0 Å². The fourth-order valence-electron chi connectivity index (χ4n) is 1.03. The summed E-state index contributed by atoms with van der Waals surface area (Å²) in [7, 11) is 3.11. The maximum absolute atomic E-state index is 5.61. The lowest BCUT2D eigenvalue weighted by Gasteiger charge is -2.10. The third-order valence-corrected chi connectivity index (χ3v) is 1.60. The quantitative estimate of drug-likeness (QED) is 0.715. The number of pyridine rings is 1. The van der Waals surface area contributed by atoms with Crippen molar-refractivity contribution in [2.45, 2.75) is 6.92 Å². The van der Waals surface area contributed by atoms with Crippen LogP contribution in [0.1, 0.15) is 5.69 Å². The molecule has 0 spiro atoms. The molecule has 1 heterocycles. The Morgan fingerprint density at radius 3 is 2.25 bits per heavy atom. The monoisotopic (exact) mass is 168 g/mol. The van der Waals surface area contributed by atoms with E-state index < -0.39 is 0 Å². The van der Waals surface area contributed by atoms with Crippen molar-refractivity contribution >= 4 is 5.69 Å². The van der Waals surface area contributed by atoms with Gasteiger partial charge in [-0.1, -0.05) is 0 Å². The second-order valence-electron chi connectivity index (χ2n) is 2.37. The molecule has 0 fully saturated rings. The predicted octanol–water partition coefficient (Wildman–Crippen LogP) is 0.989. The van der Waals surface area contributed by atoms with Crippen LogP contribution in [-0.2, 0) is 0 Å². The van der Waals surface area contributed by atoms with Gasteiger partial charge in [0.2, 0.25) is 0 Å². The van der Waals surface area contributed by atoms with Gasteiger partial charge in [-0.25, -0.2) is 0 Å². The molecular weight excluding hydrogens is 156 g/mol. The van der Waals surface area contributed by atoms with E-state index in [0.717, 1.165) is 5.69 Å². The lowest BCUT2D eigenvalue weighted by Crippen LogP contribution is -1.99. The highest BCUT2D eigenvalue weighted by molar-refractivity contribution is 5.60. The summed E-state index contributed by atoms with van der Waals surface area (Å²) >= 11 is 0. The maximum atomic E-state index is 5.61. The van der Waals surface area contributed by atoms with Crippen LogP contribution < -0.4 is 15.2 Å². The lowest BCUT2D eigenvalue weighted by molar-refractivity contribution is 0.352. The van der Waals surface area contributed by atoms with E-state index in [-0.39, 0.29) is 0 Å². The van der Waals surface area contributed by atoms with Crippen LogP contribution in [0.3, 0.4) is 0 Å². The second-order valence-corrected chi connectivity index (χ2v) is 2.37. The topological polar surface area (TPSA) is 57.4 Å². The zero-order valence-electron chi connectivity index (χ0n) is 7.42. The molecule has 1 rings (SSSR count). The molecule has 0 bridgehead atoms. The van der Waals surface area contributed by atoms with E-state index in [0.29, 0.717) is 17.2 Å². The van der Waals surface area contributed by atoms with Gasteiger partial charge in [-0.3, -0.25) is 4.98 Å². The summed E-state index contributed by atoms with van der Waals surface area (Å²) in [5, 5.41) is 0. The first-order valence-electron chi connectivity index (χ1n) is 3.53. The first-order valence-corrected chi connectivity index (χ1v) is 3.53. The highest BCUT2D eigenvalue weighted by Gasteiger charge is 2.10. The standard InChI is InChI=1S/C8H12N2O2/c1-5-7(11-2)8(12-3)6(9)4-10-5/h4H,9H2,1-3H3. The van der Waals surface area contributed by atoms with Crippen LogP contribution in [0.15, 0.2) is 6.20 Å². The van der Waals surface area contributed by atoms with Crippen molar-refractivity contribution in [3.8, 4) is 11.5 Å². The number of aryl methyl sites for hydroxylation is 1. The number of aromatic nitrogens is 1. The summed E-state index contributed by atoms with van der Waals surface area (Å²) < 4.78 is 10.1. The van der Waals surface area contributed by atoms with Crippen LogP contribution in [0.25, 0.3) is 0 Å². The fraction of sp³-hybridized carbons (Fsp3) is 0.375. The Morgan fingerprint density at radius 1 is 1.25 bits per heavy atom. The molecule has 0 aliphatic rings. The molecular formula is C8H12N2O2. The molecule has 0 unspecified atom stereocenters. The Bertz CT molecular complexity index is 258. The van der Waals surface area contributed by atoms with Crippen molar-refractivity contribution in [1.29, 1.82) is 0 Å². The normalized spacial score (nSPS) is 9.58. The van der Waals surface area contributed by atoms with Crippen LogP contribution in [-0.4, -0.2) is 19.2 Å². The molecule has 0 aliphatic heterocycles. The summed E-state index contributed by atoms with van der Waals surface area (Å²) in [5.41, 5.74) is 6.86. The zero-order valence-corrected chi connectivity index (χ0v) is 7.42. The van der Waals surface area contributed by atoms with E-state index in [1.54, 1.807) is 20.4 Å². The second kappa shape index (κ2) is 3.30. The van der Waals surface area contributed by atoms with Crippen molar-refractivity contribution < 1.29 is 9.47 Å². The van der Waals surface area contributed by atoms with Gasteiger partial charge in [0.15, 0.2) is 11.5 Å². The fourth-order valence-corrected chi connectivity index (χ4v) is 1.03. The van der Waals surface area contributed by atoms with Crippen LogP contribution >= 0.6 is 0 Å². The molecule has 1 aromatic rings. The first kappa shape index (κ1) is 8.64. The molecule has 2 N–H and O–H groups in total. The van der Waals surface area contributed by atoms with E-state index in [4.69, 9.17) is 15.2 Å². The largest absolute Gasteiger partial charge is 0.491 e. The number of nitrogen functional groups attached to an aromatic ring is 1. The van der Waals surface area contributed by atoms with Crippen molar-refractivity contribution in [2.75, 3.05) is 20.0 Å². The minimum atomic E-state index is 0.486. The van der Waals surface area contributed by atoms with Gasteiger partial charge in [0.05, 0.1) is 31.8 Å². The van der Waals surface area contributed by atoms with Crippen LogP contribution in [0.2, 0.25) is 0 Å². The molecule has 0 radical (unpaired) electrons. The molecule has 12 heavy (non-hydrogen) atoms. The summed E-state index contributed by atoms with van der Waals surface area (Å²) in [4.78, 5) is 4.03. The number of hydrogen-bond donors (Lipinski definition) is 1. The first-order chi connectivity index (χ1) is 5.70. The van der Waals surface area contributed by atoms with Crippen molar-refractivity contribution in [2.24, 2.45) is 0 Å². The Kier molecular flexibility index (Phi) is 2.38. The van der Waals surface area contributed by atoms with E-state index in [2.05, 4.69) is 4.98 Å². The highest BCUT2D eigenvalue weighted by Crippen LogP contribution is 2.34. The lowest BCUT2D eigenvalue weighted by atomic mass is 10.3. The van der Waals surface area contributed by atoms with E-state index in [1.807, 2.05) is 6.92 Å². The van der Waals surface area contributed by atoms with Crippen LogP contribution in [0.4, 0.5) is 5.69 Å². The molecule has 0 amide bonds. The molecule has 0 saturated carbocycles. The minimum Gasteiger partial charge on any atom is -0.491 e. The highest BCUT2D eigenvalue weighted by atomic mass is 16.5. The van der Waals surface area contributed by atoms with Gasteiger partial charge in [0.1, 0.15) is 0 Å². The third kappa shape index (κ3) is 1.28. The third-order valence-electron chi connectivity index (χ3n) is 1.60. The number of nitrogens with two attached hydrogens (primary N) is 1. The van der Waals surface area contributed by atoms with Crippen LogP contribution in [0.5, 0.6) is 11.5 Å². The van der Waals surface area contributed by atoms with Crippen LogP contribution in [0, 0.1) is 6.92 Å². The average Bonchev–Trinajstić information content (AvgIpc) is 2.08. The van der Waals surface area contributed by atoms with Gasteiger partial charge in [-0.2, -0.15) is 0 Å². The molecule has 4 nitrogen and oxygen atoms in total. The number of anilines is 1. The molecule has 0 aromatic carbocycles. The number of hydrogen-bond acceptors (Lipinski definition) is 4. The number of methoxy groups -OCH3 is 2. The van der Waals surface area contributed by atoms with Gasteiger partial charge in [-0.05, 0) is 6.92 Å². The van der Waals surface area contributed by atoms with Gasteiger partial charge < -0.3 is 15.2 Å². The summed E-state index contributed by atoms with van der Waals surface area (Å²) in [5.74, 6) is 1.14. The maximum Gasteiger partial charge on any atom is 0.187 e. The smallest absolute Gasteiger partial charge is 0.187 e. The Hall–Kier alpha value is -1.45. The Balaban J connectivity index is 3.28. The summed E-state index contributed by atoms with van der Waals surface area (Å²) in [6.07, 6.45) is 1.55. The van der Waals surface area contributed by atoms with Gasteiger partial charge in [0, 0.05) is 0 Å². The molecule has 1 aromatic heterocycles. The van der Waals surface area contributed by atoms with Crippen molar-refractivity contribution in [1.82, 2.24) is 4.98 Å². The predicted molar refractivity (Wildman–Crippen MR) is 46.5 cm³/mol. The number of ether oxygens (including phenoxy) is 2. The number of rotatable bonds is 2. The zero-order chi connectivity index (χ0) is 9.14. The van der Waals surface area contributed by atoms with E-state index in [1.165, 1.54) is 0 Å². The minimum absolute atomic E-state index is 0.486. The number of nitrogens with zero attached hydrogens (tertiary/aromatic N) is 1. The Morgan fingerprint density at radius 2 is 1.83 bits per heavy atom. The summed E-state index contributed by atoms with van der Waals surface area (Å²) in [6, 6.07) is 0. The van der Waals surface area contributed by atoms with Gasteiger partial charge in [0.25, 0.3) is 0 Å². The molecule has 66 valence electrons. The molecule has 4 heteroatoms. The van der Waals surface area contributed by atoms with Gasteiger partial charge in [-0.15, -0.1) is 0 Å².